The Morgan fingerprint density at radius 3 is 2.35 bits per heavy atom. The molecule has 4 rings (SSSR count). The predicted molar refractivity (Wildman–Crippen MR) is 101 cm³/mol. The van der Waals surface area contributed by atoms with Crippen LogP contribution in [0.5, 0.6) is 0 Å². The van der Waals surface area contributed by atoms with Gasteiger partial charge < -0.3 is 5.11 Å². The summed E-state index contributed by atoms with van der Waals surface area (Å²) in [4.78, 5) is 28.3. The molecule has 0 spiro atoms. The maximum atomic E-state index is 12.9. The minimum Gasteiger partial charge on any atom is -0.477 e. The minimum atomic E-state index is -4.53. The number of carboxylic acid groups (broad SMARTS) is 1. The molecule has 0 saturated heterocycles. The van der Waals surface area contributed by atoms with E-state index in [1.165, 1.54) is 30.7 Å². The summed E-state index contributed by atoms with van der Waals surface area (Å²) >= 11 is 0. The van der Waals surface area contributed by atoms with E-state index in [4.69, 9.17) is 0 Å². The van der Waals surface area contributed by atoms with Crippen LogP contribution in [-0.4, -0.2) is 40.8 Å². The Bertz CT molecular complexity index is 1230. The van der Waals surface area contributed by atoms with E-state index in [-0.39, 0.29) is 11.5 Å². The van der Waals surface area contributed by atoms with E-state index < -0.39 is 23.6 Å². The zero-order valence-electron chi connectivity index (χ0n) is 15.6. The van der Waals surface area contributed by atoms with Gasteiger partial charge in [0.1, 0.15) is 5.69 Å². The molecule has 0 aliphatic carbocycles. The molecule has 0 fully saturated rings. The van der Waals surface area contributed by atoms with E-state index in [9.17, 15) is 23.1 Å². The average molecular weight is 426 g/mol. The van der Waals surface area contributed by atoms with Crippen molar-refractivity contribution in [2.75, 3.05) is 0 Å². The fourth-order valence-electron chi connectivity index (χ4n) is 2.97. The summed E-state index contributed by atoms with van der Waals surface area (Å²) in [5, 5.41) is 13.0. The second-order valence-corrected chi connectivity index (χ2v) is 6.41. The molecule has 0 aromatic carbocycles. The van der Waals surface area contributed by atoms with Crippen LogP contribution < -0.4 is 0 Å². The molecule has 156 valence electrons. The van der Waals surface area contributed by atoms with Crippen LogP contribution in [0.1, 0.15) is 39.1 Å². The molecule has 1 unspecified atom stereocenters. The molecule has 11 heteroatoms. The summed E-state index contributed by atoms with van der Waals surface area (Å²) < 4.78 is 39.8. The van der Waals surface area contributed by atoms with Crippen molar-refractivity contribution >= 4 is 5.97 Å². The molecule has 8 nitrogen and oxygen atoms in total. The summed E-state index contributed by atoms with van der Waals surface area (Å²) in [5.74, 6) is -1.75. The number of aromatic carboxylic acids is 1. The van der Waals surface area contributed by atoms with Crippen LogP contribution in [0.15, 0.2) is 67.4 Å². The maximum absolute atomic E-state index is 12.9. The number of carbonyl (C=O) groups is 1. The zero-order valence-corrected chi connectivity index (χ0v) is 15.6. The van der Waals surface area contributed by atoms with Crippen molar-refractivity contribution in [2.24, 2.45) is 0 Å². The van der Waals surface area contributed by atoms with Crippen molar-refractivity contribution in [1.82, 2.24) is 29.7 Å². The quantitative estimate of drug-likeness (QED) is 0.522. The Morgan fingerprint density at radius 2 is 1.71 bits per heavy atom. The number of hydrogen-bond donors (Lipinski definition) is 1. The number of alkyl halides is 3. The highest BCUT2D eigenvalue weighted by Gasteiger charge is 2.32. The molecule has 1 atom stereocenters. The number of carboxylic acids is 1. The fourth-order valence-corrected chi connectivity index (χ4v) is 2.97. The third-order valence-corrected chi connectivity index (χ3v) is 4.36. The molecule has 31 heavy (non-hydrogen) atoms. The molecule has 0 bridgehead atoms. The van der Waals surface area contributed by atoms with Crippen LogP contribution in [0.4, 0.5) is 13.2 Å². The van der Waals surface area contributed by atoms with Gasteiger partial charge in [-0.05, 0) is 24.3 Å². The van der Waals surface area contributed by atoms with E-state index in [1.807, 2.05) is 0 Å². The van der Waals surface area contributed by atoms with E-state index in [2.05, 4.69) is 25.0 Å². The van der Waals surface area contributed by atoms with E-state index in [0.29, 0.717) is 23.3 Å². The number of pyridine rings is 2. The average Bonchev–Trinajstić information content (AvgIpc) is 3.26. The Hall–Kier alpha value is -4.15. The normalized spacial score (nSPS) is 12.5. The van der Waals surface area contributed by atoms with Gasteiger partial charge in [-0.1, -0.05) is 12.1 Å². The Kier molecular flexibility index (Phi) is 5.15. The second-order valence-electron chi connectivity index (χ2n) is 6.41. The van der Waals surface area contributed by atoms with Crippen LogP contribution in [-0.2, 0) is 6.18 Å². The minimum absolute atomic E-state index is 0.149. The number of nitrogens with zero attached hydrogens (tertiary/aromatic N) is 6. The van der Waals surface area contributed by atoms with Gasteiger partial charge in [-0.15, -0.1) is 0 Å². The lowest BCUT2D eigenvalue weighted by Gasteiger charge is -2.16. The molecule has 0 aliphatic heterocycles. The van der Waals surface area contributed by atoms with Gasteiger partial charge in [-0.25, -0.2) is 19.4 Å². The van der Waals surface area contributed by atoms with Gasteiger partial charge in [0.25, 0.3) is 0 Å². The van der Waals surface area contributed by atoms with Crippen molar-refractivity contribution in [3.63, 3.8) is 0 Å². The lowest BCUT2D eigenvalue weighted by molar-refractivity contribution is -0.137. The zero-order chi connectivity index (χ0) is 22.0. The van der Waals surface area contributed by atoms with Gasteiger partial charge in [0.15, 0.2) is 5.82 Å². The first kappa shape index (κ1) is 20.1. The fraction of sp³-hybridized carbons (Fsp3) is 0.100. The maximum Gasteiger partial charge on any atom is 0.419 e. The SMILES string of the molecule is O=C(O)c1cccc(C(c2cnccn2)c2cccc(-n3cc(C(F)(F)F)cn3)n2)n1. The second kappa shape index (κ2) is 7.94. The summed E-state index contributed by atoms with van der Waals surface area (Å²) in [6, 6.07) is 9.28. The third-order valence-electron chi connectivity index (χ3n) is 4.36. The molecule has 0 saturated carbocycles. The number of rotatable bonds is 5. The van der Waals surface area contributed by atoms with E-state index >= 15 is 0 Å². The molecule has 4 heterocycles. The van der Waals surface area contributed by atoms with Gasteiger partial charge >= 0.3 is 12.1 Å². The number of hydrogen-bond acceptors (Lipinski definition) is 6. The van der Waals surface area contributed by atoms with Crippen LogP contribution in [0.2, 0.25) is 0 Å². The van der Waals surface area contributed by atoms with Crippen LogP contribution in [0, 0.1) is 0 Å². The van der Waals surface area contributed by atoms with Gasteiger partial charge in [0.05, 0.1) is 34.8 Å². The van der Waals surface area contributed by atoms with E-state index in [0.717, 1.165) is 10.9 Å². The highest BCUT2D eigenvalue weighted by atomic mass is 19.4. The summed E-state index contributed by atoms with van der Waals surface area (Å²) in [6.07, 6.45) is 1.46. The molecule has 0 amide bonds. The van der Waals surface area contributed by atoms with Gasteiger partial charge in [0, 0.05) is 24.8 Å². The molecule has 0 aliphatic rings. The monoisotopic (exact) mass is 426 g/mol. The summed E-state index contributed by atoms with van der Waals surface area (Å²) in [5.41, 5.74) is 0.114. The first-order valence-corrected chi connectivity index (χ1v) is 8.88. The van der Waals surface area contributed by atoms with Crippen molar-refractivity contribution < 1.29 is 23.1 Å². The molecular weight excluding hydrogens is 413 g/mol. The first-order chi connectivity index (χ1) is 14.8. The Morgan fingerprint density at radius 1 is 0.968 bits per heavy atom. The predicted octanol–water partition coefficient (Wildman–Crippen LogP) is 3.35. The summed E-state index contributed by atoms with van der Waals surface area (Å²) in [7, 11) is 0. The lowest BCUT2D eigenvalue weighted by Crippen LogP contribution is -2.13. The van der Waals surface area contributed by atoms with Crippen molar-refractivity contribution in [3.8, 4) is 5.82 Å². The van der Waals surface area contributed by atoms with Crippen molar-refractivity contribution in [1.29, 1.82) is 0 Å². The largest absolute Gasteiger partial charge is 0.477 e. The highest BCUT2D eigenvalue weighted by Crippen LogP contribution is 2.30. The first-order valence-electron chi connectivity index (χ1n) is 8.88. The molecule has 0 radical (unpaired) electrons. The third kappa shape index (κ3) is 4.25. The standard InChI is InChI=1S/C20H13F3N6O2/c21-20(22,23)12-9-26-29(11-12)17-6-2-4-14(28-17)18(16-10-24-7-8-25-16)13-3-1-5-15(27-13)19(30)31/h1-11,18H,(H,30,31). The summed E-state index contributed by atoms with van der Waals surface area (Å²) in [6.45, 7) is 0. The number of halogens is 3. The van der Waals surface area contributed by atoms with Gasteiger partial charge in [0.2, 0.25) is 0 Å². The highest BCUT2D eigenvalue weighted by molar-refractivity contribution is 5.85. The van der Waals surface area contributed by atoms with Crippen molar-refractivity contribution in [3.05, 3.63) is 95.7 Å². The van der Waals surface area contributed by atoms with Crippen LogP contribution in [0.3, 0.4) is 0 Å². The molecule has 1 N–H and O–H groups in total. The van der Waals surface area contributed by atoms with E-state index in [1.54, 1.807) is 24.3 Å². The molecule has 4 aromatic heterocycles. The smallest absolute Gasteiger partial charge is 0.419 e. The van der Waals surface area contributed by atoms with Crippen molar-refractivity contribution in [2.45, 2.75) is 12.1 Å². The van der Waals surface area contributed by atoms with Gasteiger partial charge in [-0.3, -0.25) is 9.97 Å². The number of aromatic nitrogens is 6. The van der Waals surface area contributed by atoms with Crippen LogP contribution >= 0.6 is 0 Å². The molecular formula is C20H13F3N6O2. The Labute approximate surface area is 173 Å². The Balaban J connectivity index is 1.82. The topological polar surface area (TPSA) is 107 Å². The molecule has 4 aromatic rings. The van der Waals surface area contributed by atoms with Crippen LogP contribution in [0.25, 0.3) is 5.82 Å². The van der Waals surface area contributed by atoms with Gasteiger partial charge in [-0.2, -0.15) is 18.3 Å². The lowest BCUT2D eigenvalue weighted by atomic mass is 9.96.